The summed E-state index contributed by atoms with van der Waals surface area (Å²) in [6, 6.07) is 34.4. The van der Waals surface area contributed by atoms with Crippen LogP contribution >= 0.6 is 0 Å². The average molecular weight is 405 g/mol. The van der Waals surface area contributed by atoms with Crippen molar-refractivity contribution in [3.8, 4) is 5.88 Å². The van der Waals surface area contributed by atoms with Crippen LogP contribution in [0.2, 0.25) is 0 Å². The standard InChI is InChI=1S/C28H23NO2/c1-31-28-24(18-21-13-6-8-17-25(21)29-28)26(20-11-3-2-4-12-20)27(30)23-16-9-14-19-10-5-7-15-22(19)23/h2-18,26-27,30H,1H3. The number of nitrogens with zero attached hydrogens (tertiary/aromatic N) is 1. The van der Waals surface area contributed by atoms with E-state index in [2.05, 4.69) is 24.3 Å². The molecule has 0 aliphatic rings. The predicted octanol–water partition coefficient (Wildman–Crippen LogP) is 6.26. The van der Waals surface area contributed by atoms with E-state index in [0.717, 1.165) is 38.4 Å². The molecule has 0 amide bonds. The van der Waals surface area contributed by atoms with Crippen LogP contribution in [0.25, 0.3) is 21.7 Å². The molecular formula is C28H23NO2. The van der Waals surface area contributed by atoms with Crippen molar-refractivity contribution in [2.24, 2.45) is 0 Å². The molecule has 0 bridgehead atoms. The topological polar surface area (TPSA) is 42.4 Å². The Hall–Kier alpha value is -3.69. The van der Waals surface area contributed by atoms with E-state index in [-0.39, 0.29) is 5.92 Å². The zero-order valence-corrected chi connectivity index (χ0v) is 17.3. The lowest BCUT2D eigenvalue weighted by atomic mass is 9.82. The lowest BCUT2D eigenvalue weighted by molar-refractivity contribution is 0.159. The Morgan fingerprint density at radius 1 is 0.710 bits per heavy atom. The van der Waals surface area contributed by atoms with E-state index in [1.165, 1.54) is 0 Å². The highest BCUT2D eigenvalue weighted by atomic mass is 16.5. The molecule has 4 aromatic carbocycles. The van der Waals surface area contributed by atoms with E-state index in [1.807, 2.05) is 78.9 Å². The summed E-state index contributed by atoms with van der Waals surface area (Å²) in [7, 11) is 1.63. The molecule has 0 fully saturated rings. The van der Waals surface area contributed by atoms with Gasteiger partial charge in [-0.1, -0.05) is 91.0 Å². The number of fused-ring (bicyclic) bond motifs is 2. The zero-order chi connectivity index (χ0) is 21.2. The number of aliphatic hydroxyl groups excluding tert-OH is 1. The third kappa shape index (κ3) is 3.54. The number of hydrogen-bond donors (Lipinski definition) is 1. The molecule has 0 saturated heterocycles. The quantitative estimate of drug-likeness (QED) is 0.375. The lowest BCUT2D eigenvalue weighted by Gasteiger charge is -2.26. The third-order valence-electron chi connectivity index (χ3n) is 5.86. The van der Waals surface area contributed by atoms with Crippen LogP contribution in [0, 0.1) is 0 Å². The maximum Gasteiger partial charge on any atom is 0.217 e. The minimum absolute atomic E-state index is 0.334. The van der Waals surface area contributed by atoms with Crippen LogP contribution in [0.15, 0.2) is 103 Å². The maximum atomic E-state index is 11.8. The monoisotopic (exact) mass is 405 g/mol. The van der Waals surface area contributed by atoms with Crippen LogP contribution < -0.4 is 4.74 Å². The minimum atomic E-state index is -0.773. The molecule has 5 rings (SSSR count). The highest BCUT2D eigenvalue weighted by Gasteiger charge is 2.29. The number of para-hydroxylation sites is 1. The van der Waals surface area contributed by atoms with Gasteiger partial charge in [0.1, 0.15) is 0 Å². The Balaban J connectivity index is 1.75. The Morgan fingerprint density at radius 2 is 1.39 bits per heavy atom. The highest BCUT2D eigenvalue weighted by molar-refractivity contribution is 5.86. The van der Waals surface area contributed by atoms with E-state index in [0.29, 0.717) is 5.88 Å². The van der Waals surface area contributed by atoms with Gasteiger partial charge in [0, 0.05) is 16.9 Å². The molecule has 0 radical (unpaired) electrons. The Kier molecular flexibility index (Phi) is 5.11. The normalized spacial score (nSPS) is 13.2. The van der Waals surface area contributed by atoms with Crippen LogP contribution in [0.5, 0.6) is 5.88 Å². The molecule has 3 heteroatoms. The lowest BCUT2D eigenvalue weighted by Crippen LogP contribution is -2.15. The van der Waals surface area contributed by atoms with Crippen LogP contribution in [0.1, 0.15) is 28.7 Å². The van der Waals surface area contributed by atoms with E-state index in [9.17, 15) is 5.11 Å². The fourth-order valence-electron chi connectivity index (χ4n) is 4.38. The Morgan fingerprint density at radius 3 is 2.19 bits per heavy atom. The number of aromatic nitrogens is 1. The number of pyridine rings is 1. The van der Waals surface area contributed by atoms with Gasteiger partial charge in [0.2, 0.25) is 5.88 Å². The van der Waals surface area contributed by atoms with Crippen LogP contribution in [-0.2, 0) is 0 Å². The molecule has 0 spiro atoms. The van der Waals surface area contributed by atoms with E-state index >= 15 is 0 Å². The second-order valence-corrected chi connectivity index (χ2v) is 7.68. The molecule has 0 aliphatic heterocycles. The van der Waals surface area contributed by atoms with Gasteiger partial charge in [-0.15, -0.1) is 0 Å². The molecule has 2 unspecified atom stereocenters. The van der Waals surface area contributed by atoms with Gasteiger partial charge in [0.25, 0.3) is 0 Å². The fraction of sp³-hybridized carbons (Fsp3) is 0.107. The molecule has 1 heterocycles. The van der Waals surface area contributed by atoms with Gasteiger partial charge in [-0.3, -0.25) is 0 Å². The number of benzene rings is 4. The number of hydrogen-bond acceptors (Lipinski definition) is 3. The SMILES string of the molecule is COc1nc2ccccc2cc1C(c1ccccc1)C(O)c1cccc2ccccc12. The summed E-state index contributed by atoms with van der Waals surface area (Å²) in [5.74, 6) is 0.200. The highest BCUT2D eigenvalue weighted by Crippen LogP contribution is 2.42. The van der Waals surface area contributed by atoms with Gasteiger partial charge in [-0.2, -0.15) is 0 Å². The summed E-state index contributed by atoms with van der Waals surface area (Å²) >= 11 is 0. The van der Waals surface area contributed by atoms with Crippen molar-refractivity contribution in [3.05, 3.63) is 120 Å². The predicted molar refractivity (Wildman–Crippen MR) is 125 cm³/mol. The first-order valence-corrected chi connectivity index (χ1v) is 10.4. The summed E-state index contributed by atoms with van der Waals surface area (Å²) in [6.07, 6.45) is -0.773. The minimum Gasteiger partial charge on any atom is -0.481 e. The van der Waals surface area contributed by atoms with Crippen molar-refractivity contribution in [2.75, 3.05) is 7.11 Å². The molecule has 152 valence electrons. The summed E-state index contributed by atoms with van der Waals surface area (Å²) in [5, 5.41) is 15.0. The van der Waals surface area contributed by atoms with E-state index < -0.39 is 6.10 Å². The van der Waals surface area contributed by atoms with Crippen molar-refractivity contribution in [2.45, 2.75) is 12.0 Å². The second-order valence-electron chi connectivity index (χ2n) is 7.68. The van der Waals surface area contributed by atoms with Gasteiger partial charge in [-0.05, 0) is 34.0 Å². The molecule has 3 nitrogen and oxygen atoms in total. The van der Waals surface area contributed by atoms with Gasteiger partial charge < -0.3 is 9.84 Å². The van der Waals surface area contributed by atoms with Gasteiger partial charge >= 0.3 is 0 Å². The van der Waals surface area contributed by atoms with Crippen LogP contribution in [0.4, 0.5) is 0 Å². The number of aliphatic hydroxyl groups is 1. The molecule has 5 aromatic rings. The number of rotatable bonds is 5. The molecule has 0 saturated carbocycles. The molecule has 2 atom stereocenters. The average Bonchev–Trinajstić information content (AvgIpc) is 2.84. The molecule has 1 N–H and O–H groups in total. The number of ether oxygens (including phenoxy) is 1. The zero-order valence-electron chi connectivity index (χ0n) is 17.3. The molecular weight excluding hydrogens is 382 g/mol. The Labute approximate surface area is 181 Å². The van der Waals surface area contributed by atoms with E-state index in [4.69, 9.17) is 9.72 Å². The first-order chi connectivity index (χ1) is 15.3. The summed E-state index contributed by atoms with van der Waals surface area (Å²) in [4.78, 5) is 4.75. The summed E-state index contributed by atoms with van der Waals surface area (Å²) in [5.41, 5.74) is 3.64. The van der Waals surface area contributed by atoms with Crippen molar-refractivity contribution < 1.29 is 9.84 Å². The van der Waals surface area contributed by atoms with Gasteiger partial charge in [-0.25, -0.2) is 4.98 Å². The summed E-state index contributed by atoms with van der Waals surface area (Å²) in [6.45, 7) is 0. The number of methoxy groups -OCH3 is 1. The fourth-order valence-corrected chi connectivity index (χ4v) is 4.38. The summed E-state index contributed by atoms with van der Waals surface area (Å²) < 4.78 is 5.71. The second kappa shape index (κ2) is 8.21. The first-order valence-electron chi connectivity index (χ1n) is 10.4. The van der Waals surface area contributed by atoms with Crippen LogP contribution in [0.3, 0.4) is 0 Å². The third-order valence-corrected chi connectivity index (χ3v) is 5.86. The van der Waals surface area contributed by atoms with E-state index in [1.54, 1.807) is 7.11 Å². The molecule has 0 aliphatic carbocycles. The van der Waals surface area contributed by atoms with Gasteiger partial charge in [0.05, 0.1) is 18.7 Å². The first kappa shape index (κ1) is 19.3. The van der Waals surface area contributed by atoms with Crippen molar-refractivity contribution in [1.29, 1.82) is 0 Å². The maximum absolute atomic E-state index is 11.8. The van der Waals surface area contributed by atoms with Crippen LogP contribution in [-0.4, -0.2) is 17.2 Å². The van der Waals surface area contributed by atoms with Gasteiger partial charge in [0.15, 0.2) is 0 Å². The van der Waals surface area contributed by atoms with Crippen molar-refractivity contribution in [3.63, 3.8) is 0 Å². The van der Waals surface area contributed by atoms with Crippen molar-refractivity contribution >= 4 is 21.7 Å². The Bertz CT molecular complexity index is 1340. The largest absolute Gasteiger partial charge is 0.481 e. The molecule has 1 aromatic heterocycles. The molecule has 31 heavy (non-hydrogen) atoms. The van der Waals surface area contributed by atoms with Crippen molar-refractivity contribution in [1.82, 2.24) is 4.98 Å². The smallest absolute Gasteiger partial charge is 0.217 e.